The average Bonchev–Trinajstić information content (AvgIpc) is 3.03. The highest BCUT2D eigenvalue weighted by Gasteiger charge is 2.17. The van der Waals surface area contributed by atoms with Gasteiger partial charge in [-0.25, -0.2) is 4.98 Å². The quantitative estimate of drug-likeness (QED) is 0.774. The first-order valence-corrected chi connectivity index (χ1v) is 7.54. The second kappa shape index (κ2) is 9.84. The average molecular weight is 365 g/mol. The van der Waals surface area contributed by atoms with E-state index in [0.29, 0.717) is 6.54 Å². The van der Waals surface area contributed by atoms with E-state index in [0.717, 1.165) is 35.0 Å². The van der Waals surface area contributed by atoms with Crippen LogP contribution < -0.4 is 10.6 Å². The maximum Gasteiger partial charge on any atom is 0.253 e. The van der Waals surface area contributed by atoms with Gasteiger partial charge in [-0.3, -0.25) is 9.36 Å². The zero-order valence-corrected chi connectivity index (χ0v) is 15.3. The zero-order valence-electron chi connectivity index (χ0n) is 12.9. The number of carbonyl (C=O) groups excluding carboxylic acids is 1. The van der Waals surface area contributed by atoms with E-state index < -0.39 is 0 Å². The Kier molecular flexibility index (Phi) is 9.36. The molecule has 22 heavy (non-hydrogen) atoms. The molecule has 124 valence electrons. The molecule has 2 aromatic heterocycles. The minimum Gasteiger partial charge on any atom is -0.352 e. The first-order chi connectivity index (χ1) is 9.65. The van der Waals surface area contributed by atoms with Gasteiger partial charge in [-0.1, -0.05) is 0 Å². The van der Waals surface area contributed by atoms with Crippen molar-refractivity contribution in [3.63, 3.8) is 0 Å². The van der Waals surface area contributed by atoms with E-state index in [2.05, 4.69) is 15.6 Å². The van der Waals surface area contributed by atoms with Crippen molar-refractivity contribution in [2.24, 2.45) is 0 Å². The van der Waals surface area contributed by atoms with Crippen molar-refractivity contribution < 1.29 is 4.79 Å². The summed E-state index contributed by atoms with van der Waals surface area (Å²) in [5.74, 6) is -0.0167. The molecule has 0 atom stereocenters. The van der Waals surface area contributed by atoms with Crippen LogP contribution >= 0.6 is 36.2 Å². The maximum atomic E-state index is 12.2. The molecular weight excluding hydrogens is 343 g/mol. The van der Waals surface area contributed by atoms with E-state index in [1.807, 2.05) is 36.9 Å². The van der Waals surface area contributed by atoms with Crippen molar-refractivity contribution in [3.05, 3.63) is 34.6 Å². The second-order valence-electron chi connectivity index (χ2n) is 4.65. The molecule has 5 nitrogen and oxygen atoms in total. The molecule has 0 aliphatic carbocycles. The van der Waals surface area contributed by atoms with Crippen molar-refractivity contribution in [3.8, 4) is 5.13 Å². The summed E-state index contributed by atoms with van der Waals surface area (Å²) in [4.78, 5) is 16.5. The molecule has 2 rings (SSSR count). The van der Waals surface area contributed by atoms with Gasteiger partial charge in [0, 0.05) is 29.5 Å². The van der Waals surface area contributed by atoms with Crippen LogP contribution in [0.15, 0.2) is 17.6 Å². The van der Waals surface area contributed by atoms with Crippen LogP contribution in [0.4, 0.5) is 0 Å². The number of hydrogen-bond acceptors (Lipinski definition) is 4. The van der Waals surface area contributed by atoms with E-state index in [-0.39, 0.29) is 30.7 Å². The molecule has 2 aromatic rings. The fraction of sp³-hybridized carbons (Fsp3) is 0.429. The predicted octanol–water partition coefficient (Wildman–Crippen LogP) is 2.73. The topological polar surface area (TPSA) is 58.9 Å². The highest BCUT2D eigenvalue weighted by molar-refractivity contribution is 7.12. The van der Waals surface area contributed by atoms with Gasteiger partial charge >= 0.3 is 0 Å². The standard InChI is InChI=1S/C14H20N4OS.2ClH/c1-10-9-12(13(19)16-6-4-5-15-3)11(2)18(10)14-17-7-8-20-14;;/h7-9,15H,4-6H2,1-3H3,(H,16,19);2*1H. The van der Waals surface area contributed by atoms with Crippen molar-refractivity contribution in [1.29, 1.82) is 0 Å². The fourth-order valence-corrected chi connectivity index (χ4v) is 2.93. The molecule has 8 heteroatoms. The Morgan fingerprint density at radius 3 is 2.64 bits per heavy atom. The lowest BCUT2D eigenvalue weighted by molar-refractivity contribution is 0.0952. The van der Waals surface area contributed by atoms with Crippen molar-refractivity contribution in [1.82, 2.24) is 20.2 Å². The van der Waals surface area contributed by atoms with Gasteiger partial charge in [-0.05, 0) is 39.9 Å². The highest BCUT2D eigenvalue weighted by atomic mass is 35.5. The summed E-state index contributed by atoms with van der Waals surface area (Å²) in [6.07, 6.45) is 2.70. The Morgan fingerprint density at radius 2 is 2.05 bits per heavy atom. The predicted molar refractivity (Wildman–Crippen MR) is 96.3 cm³/mol. The van der Waals surface area contributed by atoms with Crippen LogP contribution in [-0.2, 0) is 0 Å². The summed E-state index contributed by atoms with van der Waals surface area (Å²) in [6, 6.07) is 1.92. The molecule has 0 saturated heterocycles. The Bertz CT molecular complexity index is 584. The van der Waals surface area contributed by atoms with Gasteiger partial charge in [0.1, 0.15) is 0 Å². The van der Waals surface area contributed by atoms with E-state index in [1.54, 1.807) is 17.5 Å². The molecule has 0 bridgehead atoms. The van der Waals surface area contributed by atoms with Crippen LogP contribution in [0.3, 0.4) is 0 Å². The van der Waals surface area contributed by atoms with E-state index in [9.17, 15) is 4.79 Å². The van der Waals surface area contributed by atoms with Crippen LogP contribution in [0.25, 0.3) is 5.13 Å². The van der Waals surface area contributed by atoms with Gasteiger partial charge in [0.2, 0.25) is 0 Å². The number of carbonyl (C=O) groups is 1. The van der Waals surface area contributed by atoms with Crippen molar-refractivity contribution in [2.45, 2.75) is 20.3 Å². The number of nitrogens with zero attached hydrogens (tertiary/aromatic N) is 2. The number of amides is 1. The molecule has 0 aliphatic heterocycles. The van der Waals surface area contributed by atoms with Gasteiger partial charge in [-0.15, -0.1) is 36.2 Å². The van der Waals surface area contributed by atoms with Gasteiger partial charge in [0.25, 0.3) is 5.91 Å². The molecule has 0 fully saturated rings. The third kappa shape index (κ3) is 4.71. The van der Waals surface area contributed by atoms with E-state index in [1.165, 1.54) is 0 Å². The van der Waals surface area contributed by atoms with Crippen molar-refractivity contribution >= 4 is 42.1 Å². The van der Waals surface area contributed by atoms with Crippen molar-refractivity contribution in [2.75, 3.05) is 20.1 Å². The van der Waals surface area contributed by atoms with Crippen LogP contribution in [0, 0.1) is 13.8 Å². The lowest BCUT2D eigenvalue weighted by Crippen LogP contribution is -2.26. The van der Waals surface area contributed by atoms with Gasteiger partial charge in [0.15, 0.2) is 5.13 Å². The van der Waals surface area contributed by atoms with Gasteiger partial charge in [0.05, 0.1) is 5.56 Å². The molecular formula is C14H22Cl2N4OS. The number of nitrogens with one attached hydrogen (secondary N) is 2. The van der Waals surface area contributed by atoms with Gasteiger partial charge < -0.3 is 10.6 Å². The normalized spacial score (nSPS) is 9.77. The Balaban J connectivity index is 0.00000220. The first kappa shape index (κ1) is 20.9. The molecule has 0 aromatic carbocycles. The fourth-order valence-electron chi connectivity index (χ4n) is 2.18. The minimum atomic E-state index is -0.0167. The summed E-state index contributed by atoms with van der Waals surface area (Å²) in [7, 11) is 1.91. The van der Waals surface area contributed by atoms with E-state index >= 15 is 0 Å². The molecule has 0 spiro atoms. The Hall–Kier alpha value is -1.08. The van der Waals surface area contributed by atoms with Crippen LogP contribution in [-0.4, -0.2) is 35.6 Å². The molecule has 2 N–H and O–H groups in total. The van der Waals surface area contributed by atoms with Crippen LogP contribution in [0.2, 0.25) is 0 Å². The molecule has 0 unspecified atom stereocenters. The monoisotopic (exact) mass is 364 g/mol. The largest absolute Gasteiger partial charge is 0.352 e. The summed E-state index contributed by atoms with van der Waals surface area (Å²) in [5.41, 5.74) is 2.68. The number of aromatic nitrogens is 2. The molecule has 0 aliphatic rings. The Morgan fingerprint density at radius 1 is 1.32 bits per heavy atom. The SMILES string of the molecule is CNCCCNC(=O)c1cc(C)n(-c2nccs2)c1C.Cl.Cl. The molecule has 0 saturated carbocycles. The van der Waals surface area contributed by atoms with Gasteiger partial charge in [-0.2, -0.15) is 0 Å². The van der Waals surface area contributed by atoms with E-state index in [4.69, 9.17) is 0 Å². The number of hydrogen-bond donors (Lipinski definition) is 2. The zero-order chi connectivity index (χ0) is 14.5. The minimum absolute atomic E-state index is 0. The number of aryl methyl sites for hydroxylation is 1. The number of halogens is 2. The highest BCUT2D eigenvalue weighted by Crippen LogP contribution is 2.22. The smallest absolute Gasteiger partial charge is 0.253 e. The maximum absolute atomic E-state index is 12.2. The summed E-state index contributed by atoms with van der Waals surface area (Å²) in [6.45, 7) is 5.53. The summed E-state index contributed by atoms with van der Waals surface area (Å²) >= 11 is 1.57. The molecule has 1 amide bonds. The second-order valence-corrected chi connectivity index (χ2v) is 5.52. The lowest BCUT2D eigenvalue weighted by Gasteiger charge is -2.07. The molecule has 0 radical (unpaired) electrons. The first-order valence-electron chi connectivity index (χ1n) is 6.66. The number of thiazole rings is 1. The van der Waals surface area contributed by atoms with Crippen LogP contribution in [0.5, 0.6) is 0 Å². The Labute approximate surface area is 147 Å². The molecule has 2 heterocycles. The summed E-state index contributed by atoms with van der Waals surface area (Å²) in [5, 5.41) is 8.85. The summed E-state index contributed by atoms with van der Waals surface area (Å²) < 4.78 is 2.02. The third-order valence-electron chi connectivity index (χ3n) is 3.18. The van der Waals surface area contributed by atoms with Crippen LogP contribution in [0.1, 0.15) is 28.2 Å². The number of rotatable bonds is 6. The lowest BCUT2D eigenvalue weighted by atomic mass is 10.2. The third-order valence-corrected chi connectivity index (χ3v) is 3.93.